The van der Waals surface area contributed by atoms with Crippen LogP contribution in [0.1, 0.15) is 15.2 Å². The van der Waals surface area contributed by atoms with Crippen LogP contribution in [0.3, 0.4) is 0 Å². The van der Waals surface area contributed by atoms with Crippen LogP contribution in [0.5, 0.6) is 0 Å². The molecule has 0 bridgehead atoms. The Hall–Kier alpha value is -0.920. The Balaban J connectivity index is 2.43. The minimum atomic E-state index is -2.97. The maximum absolute atomic E-state index is 10.8. The van der Waals surface area contributed by atoms with E-state index >= 15 is 0 Å². The Labute approximate surface area is 98.0 Å². The van der Waals surface area contributed by atoms with Crippen LogP contribution >= 0.6 is 11.3 Å². The van der Waals surface area contributed by atoms with E-state index in [0.29, 0.717) is 23.5 Å². The van der Waals surface area contributed by atoms with Crippen molar-refractivity contribution in [2.24, 2.45) is 0 Å². The molecule has 1 aromatic rings. The summed E-state index contributed by atoms with van der Waals surface area (Å²) in [5.74, 6) is -0.894. The van der Waals surface area contributed by atoms with Gasteiger partial charge in [-0.2, -0.15) is 0 Å². The van der Waals surface area contributed by atoms with Gasteiger partial charge in [-0.1, -0.05) is 0 Å². The van der Waals surface area contributed by atoms with E-state index in [9.17, 15) is 13.2 Å². The van der Waals surface area contributed by atoms with Gasteiger partial charge in [0.05, 0.1) is 5.75 Å². The Kier molecular flexibility index (Phi) is 4.45. The Morgan fingerprint density at radius 2 is 2.25 bits per heavy atom. The number of carbonyl (C=O) groups is 1. The highest BCUT2D eigenvalue weighted by Gasteiger charge is 2.11. The molecule has 1 rings (SSSR count). The van der Waals surface area contributed by atoms with Gasteiger partial charge in [0.2, 0.25) is 0 Å². The minimum Gasteiger partial charge on any atom is -0.477 e. The predicted molar refractivity (Wildman–Crippen MR) is 62.7 cm³/mol. The smallest absolute Gasteiger partial charge is 0.346 e. The summed E-state index contributed by atoms with van der Waals surface area (Å²) >= 11 is 1.16. The molecule has 0 unspecified atom stereocenters. The number of sulfone groups is 1. The van der Waals surface area contributed by atoms with Crippen molar-refractivity contribution < 1.29 is 18.3 Å². The van der Waals surface area contributed by atoms with Crippen molar-refractivity contribution in [2.45, 2.75) is 6.54 Å². The van der Waals surface area contributed by atoms with Crippen molar-refractivity contribution in [3.8, 4) is 0 Å². The van der Waals surface area contributed by atoms with E-state index < -0.39 is 15.8 Å². The molecule has 0 aromatic carbocycles. The summed E-state index contributed by atoms with van der Waals surface area (Å²) in [7, 11) is -2.97. The van der Waals surface area contributed by atoms with Gasteiger partial charge in [-0.25, -0.2) is 13.2 Å². The number of aromatic carboxylic acids is 1. The van der Waals surface area contributed by atoms with Gasteiger partial charge in [0, 0.05) is 19.3 Å². The van der Waals surface area contributed by atoms with Crippen LogP contribution < -0.4 is 5.32 Å². The lowest BCUT2D eigenvalue weighted by atomic mass is 10.2. The monoisotopic (exact) mass is 263 g/mol. The summed E-state index contributed by atoms with van der Waals surface area (Å²) in [6.45, 7) is 0.703. The Bertz CT molecular complexity index is 464. The fourth-order valence-corrected chi connectivity index (χ4v) is 2.42. The SMILES string of the molecule is CS(=O)(=O)CCNCc1ccsc1C(=O)O. The molecule has 5 nitrogen and oxygen atoms in total. The molecule has 1 aromatic heterocycles. The molecule has 16 heavy (non-hydrogen) atoms. The normalized spacial score (nSPS) is 11.6. The van der Waals surface area contributed by atoms with Gasteiger partial charge in [0.1, 0.15) is 14.7 Å². The maximum Gasteiger partial charge on any atom is 0.346 e. The number of rotatable bonds is 6. The first kappa shape index (κ1) is 13.1. The molecule has 0 aliphatic carbocycles. The second-order valence-electron chi connectivity index (χ2n) is 3.39. The van der Waals surface area contributed by atoms with E-state index in [1.165, 1.54) is 6.26 Å². The average molecular weight is 263 g/mol. The van der Waals surface area contributed by atoms with Crippen molar-refractivity contribution in [3.63, 3.8) is 0 Å². The molecule has 0 radical (unpaired) electrons. The summed E-state index contributed by atoms with van der Waals surface area (Å²) in [6, 6.07) is 1.72. The number of hydrogen-bond acceptors (Lipinski definition) is 5. The van der Waals surface area contributed by atoms with Gasteiger partial charge in [-0.3, -0.25) is 0 Å². The van der Waals surface area contributed by atoms with E-state index in [-0.39, 0.29) is 5.75 Å². The molecule has 0 aliphatic rings. The summed E-state index contributed by atoms with van der Waals surface area (Å²) in [6.07, 6.45) is 1.17. The molecule has 0 saturated heterocycles. The molecular weight excluding hydrogens is 250 g/mol. The third-order valence-corrected chi connectivity index (χ3v) is 3.80. The van der Waals surface area contributed by atoms with Crippen LogP contribution in [-0.2, 0) is 16.4 Å². The molecule has 0 saturated carbocycles. The zero-order valence-corrected chi connectivity index (χ0v) is 10.4. The number of nitrogens with one attached hydrogen (secondary N) is 1. The van der Waals surface area contributed by atoms with Gasteiger partial charge in [0.15, 0.2) is 0 Å². The summed E-state index contributed by atoms with van der Waals surface area (Å²) in [5, 5.41) is 13.4. The molecule has 0 spiro atoms. The first-order chi connectivity index (χ1) is 7.40. The van der Waals surface area contributed by atoms with Gasteiger partial charge < -0.3 is 10.4 Å². The molecule has 90 valence electrons. The van der Waals surface area contributed by atoms with Crippen LogP contribution in [-0.4, -0.2) is 38.0 Å². The standard InChI is InChI=1S/C9H13NO4S2/c1-16(13,14)5-3-10-6-7-2-4-15-8(7)9(11)12/h2,4,10H,3,5-6H2,1H3,(H,11,12). The minimum absolute atomic E-state index is 0.0551. The molecule has 0 amide bonds. The molecule has 1 heterocycles. The van der Waals surface area contributed by atoms with Crippen LogP contribution in [0.4, 0.5) is 0 Å². The lowest BCUT2D eigenvalue weighted by Crippen LogP contribution is -2.22. The van der Waals surface area contributed by atoms with E-state index in [1.54, 1.807) is 11.4 Å². The highest BCUT2D eigenvalue weighted by atomic mass is 32.2. The lowest BCUT2D eigenvalue weighted by Gasteiger charge is -2.03. The van der Waals surface area contributed by atoms with Crippen LogP contribution in [0.15, 0.2) is 11.4 Å². The van der Waals surface area contributed by atoms with Crippen molar-refractivity contribution >= 4 is 27.1 Å². The van der Waals surface area contributed by atoms with Gasteiger partial charge in [0.25, 0.3) is 0 Å². The summed E-state index contributed by atoms with van der Waals surface area (Å²) in [4.78, 5) is 11.1. The van der Waals surface area contributed by atoms with E-state index in [1.807, 2.05) is 0 Å². The van der Waals surface area contributed by atoms with Crippen LogP contribution in [0.2, 0.25) is 0 Å². The number of hydrogen-bond donors (Lipinski definition) is 2. The van der Waals surface area contributed by atoms with Gasteiger partial charge in [-0.05, 0) is 17.0 Å². The largest absolute Gasteiger partial charge is 0.477 e. The highest BCUT2D eigenvalue weighted by molar-refractivity contribution is 7.90. The molecule has 0 aliphatic heterocycles. The number of carboxylic acids is 1. The van der Waals surface area contributed by atoms with Crippen molar-refractivity contribution in [1.82, 2.24) is 5.32 Å². The quantitative estimate of drug-likeness (QED) is 0.734. The topological polar surface area (TPSA) is 83.5 Å². The lowest BCUT2D eigenvalue weighted by molar-refractivity contribution is 0.0701. The second kappa shape index (κ2) is 5.42. The van der Waals surface area contributed by atoms with E-state index in [2.05, 4.69) is 5.32 Å². The molecular formula is C9H13NO4S2. The fourth-order valence-electron chi connectivity index (χ4n) is 1.14. The highest BCUT2D eigenvalue weighted by Crippen LogP contribution is 2.16. The van der Waals surface area contributed by atoms with Crippen LogP contribution in [0.25, 0.3) is 0 Å². The number of thiophene rings is 1. The average Bonchev–Trinajstić information content (AvgIpc) is 2.58. The first-order valence-corrected chi connectivity index (χ1v) is 7.52. The maximum atomic E-state index is 10.8. The first-order valence-electron chi connectivity index (χ1n) is 4.58. The second-order valence-corrected chi connectivity index (χ2v) is 6.56. The van der Waals surface area contributed by atoms with Crippen molar-refractivity contribution in [3.05, 3.63) is 21.9 Å². The predicted octanol–water partition coefficient (Wildman–Crippen LogP) is 0.581. The molecule has 0 fully saturated rings. The third-order valence-electron chi connectivity index (χ3n) is 1.91. The van der Waals surface area contributed by atoms with E-state index in [0.717, 1.165) is 11.3 Å². The van der Waals surface area contributed by atoms with Gasteiger partial charge >= 0.3 is 5.97 Å². The molecule has 2 N–H and O–H groups in total. The fraction of sp³-hybridized carbons (Fsp3) is 0.444. The van der Waals surface area contributed by atoms with Crippen LogP contribution in [0, 0.1) is 0 Å². The Morgan fingerprint density at radius 1 is 1.56 bits per heavy atom. The Morgan fingerprint density at radius 3 is 2.81 bits per heavy atom. The zero-order chi connectivity index (χ0) is 12.2. The third kappa shape index (κ3) is 4.30. The van der Waals surface area contributed by atoms with Gasteiger partial charge in [-0.15, -0.1) is 11.3 Å². The van der Waals surface area contributed by atoms with Crippen molar-refractivity contribution in [1.29, 1.82) is 0 Å². The van der Waals surface area contributed by atoms with Crippen molar-refractivity contribution in [2.75, 3.05) is 18.6 Å². The summed E-state index contributed by atoms with van der Waals surface area (Å²) in [5.41, 5.74) is 0.686. The molecule has 0 atom stereocenters. The zero-order valence-electron chi connectivity index (χ0n) is 8.76. The molecule has 7 heteroatoms. The number of carboxylic acid groups (broad SMARTS) is 1. The van der Waals surface area contributed by atoms with E-state index in [4.69, 9.17) is 5.11 Å². The summed E-state index contributed by atoms with van der Waals surface area (Å²) < 4.78 is 21.7.